The maximum absolute atomic E-state index is 14.0. The largest absolute Gasteiger partial charge is 0.494 e. The molecule has 0 saturated heterocycles. The van der Waals surface area contributed by atoms with E-state index in [1.54, 1.807) is 28.7 Å². The number of nitrogens with one attached hydrogen (secondary N) is 1. The van der Waals surface area contributed by atoms with Crippen molar-refractivity contribution in [2.24, 2.45) is 0 Å². The van der Waals surface area contributed by atoms with Crippen molar-refractivity contribution in [2.45, 2.75) is 19.0 Å². The molecular formula is C25H26N8O2. The van der Waals surface area contributed by atoms with Gasteiger partial charge in [-0.2, -0.15) is 10.2 Å². The molecular weight excluding hydrogens is 444 g/mol. The zero-order valence-electron chi connectivity index (χ0n) is 19.8. The first kappa shape index (κ1) is 21.4. The molecule has 0 spiro atoms. The summed E-state index contributed by atoms with van der Waals surface area (Å²) >= 11 is 0. The second-order valence-corrected chi connectivity index (χ2v) is 9.06. The van der Waals surface area contributed by atoms with Crippen LogP contribution in [0.5, 0.6) is 5.75 Å². The monoisotopic (exact) mass is 470 g/mol. The summed E-state index contributed by atoms with van der Waals surface area (Å²) in [6.07, 6.45) is 7.88. The lowest BCUT2D eigenvalue weighted by atomic mass is 9.98. The van der Waals surface area contributed by atoms with E-state index in [1.165, 1.54) is 0 Å². The minimum Gasteiger partial charge on any atom is -0.494 e. The van der Waals surface area contributed by atoms with Crippen molar-refractivity contribution < 1.29 is 9.53 Å². The van der Waals surface area contributed by atoms with E-state index in [2.05, 4.69) is 20.0 Å². The molecule has 5 aromatic heterocycles. The van der Waals surface area contributed by atoms with E-state index in [-0.39, 0.29) is 5.91 Å². The number of fused-ring (bicyclic) bond motifs is 3. The molecule has 0 fully saturated rings. The number of rotatable bonds is 5. The molecule has 178 valence electrons. The molecule has 1 atom stereocenters. The third-order valence-electron chi connectivity index (χ3n) is 6.47. The molecule has 10 nitrogen and oxygen atoms in total. The van der Waals surface area contributed by atoms with Crippen molar-refractivity contribution in [1.29, 1.82) is 0 Å². The fourth-order valence-electron chi connectivity index (χ4n) is 4.91. The summed E-state index contributed by atoms with van der Waals surface area (Å²) in [7, 11) is 5.69. The minimum absolute atomic E-state index is 0.0944. The molecule has 35 heavy (non-hydrogen) atoms. The second kappa shape index (κ2) is 8.24. The molecule has 0 aliphatic carbocycles. The number of ether oxygens (including phenoxy) is 1. The van der Waals surface area contributed by atoms with Crippen molar-refractivity contribution >= 4 is 16.9 Å². The lowest BCUT2D eigenvalue weighted by Crippen LogP contribution is -2.41. The number of nitrogens with zero attached hydrogens (tertiary/aromatic N) is 7. The molecule has 0 radical (unpaired) electrons. The molecule has 6 heterocycles. The number of pyridine rings is 2. The first-order valence-electron chi connectivity index (χ1n) is 11.5. The normalized spacial score (nSPS) is 15.8. The van der Waals surface area contributed by atoms with Gasteiger partial charge in [-0.1, -0.05) is 6.07 Å². The number of carbonyl (C=O) groups excluding carboxylic acids is 1. The van der Waals surface area contributed by atoms with E-state index in [4.69, 9.17) is 9.84 Å². The van der Waals surface area contributed by atoms with Crippen molar-refractivity contribution in [2.75, 3.05) is 27.7 Å². The highest BCUT2D eigenvalue weighted by Crippen LogP contribution is 2.35. The Bertz CT molecular complexity index is 1550. The van der Waals surface area contributed by atoms with Crippen molar-refractivity contribution in [1.82, 2.24) is 39.0 Å². The van der Waals surface area contributed by atoms with Crippen molar-refractivity contribution in [3.63, 3.8) is 0 Å². The Morgan fingerprint density at radius 1 is 1.23 bits per heavy atom. The number of amides is 1. The van der Waals surface area contributed by atoms with Gasteiger partial charge in [0.25, 0.3) is 5.91 Å². The molecule has 1 aliphatic heterocycles. The Kier molecular flexibility index (Phi) is 5.03. The van der Waals surface area contributed by atoms with Crippen LogP contribution in [0.2, 0.25) is 0 Å². The van der Waals surface area contributed by atoms with Gasteiger partial charge < -0.3 is 19.5 Å². The number of aromatic nitrogens is 6. The fraction of sp³-hybridized carbons (Fsp3) is 0.280. The third kappa shape index (κ3) is 3.53. The van der Waals surface area contributed by atoms with E-state index in [0.29, 0.717) is 18.5 Å². The number of imidazole rings is 1. The van der Waals surface area contributed by atoms with Crippen LogP contribution in [0.4, 0.5) is 0 Å². The van der Waals surface area contributed by atoms with Gasteiger partial charge in [-0.15, -0.1) is 0 Å². The van der Waals surface area contributed by atoms with Gasteiger partial charge in [-0.25, -0.2) is 14.0 Å². The highest BCUT2D eigenvalue weighted by molar-refractivity contribution is 6.01. The van der Waals surface area contributed by atoms with Gasteiger partial charge in [0.05, 0.1) is 42.1 Å². The lowest BCUT2D eigenvalue weighted by molar-refractivity contribution is 0.0689. The van der Waals surface area contributed by atoms with Gasteiger partial charge in [0.15, 0.2) is 0 Å². The molecule has 5 aromatic rings. The Hall–Kier alpha value is -4.18. The second-order valence-electron chi connectivity index (χ2n) is 9.06. The third-order valence-corrected chi connectivity index (χ3v) is 6.47. The molecule has 10 heteroatoms. The topological polar surface area (TPSA) is 96.1 Å². The zero-order chi connectivity index (χ0) is 24.1. The summed E-state index contributed by atoms with van der Waals surface area (Å²) in [4.78, 5) is 25.7. The van der Waals surface area contributed by atoms with E-state index < -0.39 is 6.04 Å². The molecule has 1 unspecified atom stereocenters. The quantitative estimate of drug-likeness (QED) is 0.424. The number of hydrogen-bond acceptors (Lipinski definition) is 6. The van der Waals surface area contributed by atoms with Crippen LogP contribution in [0.3, 0.4) is 0 Å². The van der Waals surface area contributed by atoms with E-state index >= 15 is 0 Å². The first-order chi connectivity index (χ1) is 17.0. The maximum Gasteiger partial charge on any atom is 0.258 e. The number of methoxy groups -OCH3 is 1. The summed E-state index contributed by atoms with van der Waals surface area (Å²) in [6.45, 7) is 1.34. The van der Waals surface area contributed by atoms with E-state index in [1.807, 2.05) is 61.7 Å². The Morgan fingerprint density at radius 2 is 2.11 bits per heavy atom. The van der Waals surface area contributed by atoms with Crippen LogP contribution in [0.15, 0.2) is 55.2 Å². The summed E-state index contributed by atoms with van der Waals surface area (Å²) in [5, 5.41) is 9.29. The van der Waals surface area contributed by atoms with Gasteiger partial charge in [0.2, 0.25) is 0 Å². The summed E-state index contributed by atoms with van der Waals surface area (Å²) in [6, 6.07) is 9.33. The van der Waals surface area contributed by atoms with Gasteiger partial charge >= 0.3 is 0 Å². The van der Waals surface area contributed by atoms with Crippen LogP contribution in [0.25, 0.3) is 11.0 Å². The van der Waals surface area contributed by atoms with Crippen molar-refractivity contribution in [3.05, 3.63) is 83.5 Å². The van der Waals surface area contributed by atoms with Crippen LogP contribution in [-0.4, -0.2) is 72.7 Å². The highest BCUT2D eigenvalue weighted by Gasteiger charge is 2.37. The molecule has 1 aliphatic rings. The standard InChI is InChI=1S/C25H26N8O2/c1-30(2)13-16-6-7-20-17(12-28-33(20)14-16)25(34)31-10-8-18-23(27-15-26-18)24(31)19-11-21-22(35-3)5-4-9-32(21)29-19/h4-7,9,11-12,14-15,24H,8,10,13H2,1-3H3,(H,26,27). The smallest absolute Gasteiger partial charge is 0.258 e. The van der Waals surface area contributed by atoms with Gasteiger partial charge in [0, 0.05) is 37.6 Å². The number of H-pyrrole nitrogens is 1. The van der Waals surface area contributed by atoms with Crippen LogP contribution in [0, 0.1) is 0 Å². The van der Waals surface area contributed by atoms with Crippen LogP contribution < -0.4 is 4.74 Å². The predicted molar refractivity (Wildman–Crippen MR) is 129 cm³/mol. The average Bonchev–Trinajstić information content (AvgIpc) is 3.59. The van der Waals surface area contributed by atoms with Crippen molar-refractivity contribution in [3.8, 4) is 5.75 Å². The van der Waals surface area contributed by atoms with E-state index in [9.17, 15) is 4.79 Å². The molecule has 1 amide bonds. The van der Waals surface area contributed by atoms with Gasteiger partial charge in [-0.05, 0) is 43.9 Å². The number of hydrogen-bond donors (Lipinski definition) is 1. The number of carbonyl (C=O) groups is 1. The molecule has 1 N–H and O–H groups in total. The van der Waals surface area contributed by atoms with Crippen LogP contribution >= 0.6 is 0 Å². The molecule has 6 rings (SSSR count). The zero-order valence-corrected chi connectivity index (χ0v) is 19.8. The van der Waals surface area contributed by atoms with Gasteiger partial charge in [0.1, 0.15) is 17.3 Å². The Morgan fingerprint density at radius 3 is 2.94 bits per heavy atom. The Balaban J connectivity index is 1.42. The van der Waals surface area contributed by atoms with Crippen LogP contribution in [0.1, 0.15) is 39.0 Å². The van der Waals surface area contributed by atoms with E-state index in [0.717, 1.165) is 46.0 Å². The van der Waals surface area contributed by atoms with Crippen LogP contribution in [-0.2, 0) is 13.0 Å². The summed E-state index contributed by atoms with van der Waals surface area (Å²) in [5.41, 5.74) is 5.88. The highest BCUT2D eigenvalue weighted by atomic mass is 16.5. The fourth-order valence-corrected chi connectivity index (χ4v) is 4.91. The lowest BCUT2D eigenvalue weighted by Gasteiger charge is -2.33. The maximum atomic E-state index is 14.0. The first-order valence-corrected chi connectivity index (χ1v) is 11.5. The molecule has 0 aromatic carbocycles. The predicted octanol–water partition coefficient (Wildman–Crippen LogP) is 2.56. The number of aromatic amines is 1. The molecule has 0 bridgehead atoms. The SMILES string of the molecule is COc1cccn2nc(C3c4nc[nH]c4CCN3C(=O)c3cnn4cc(CN(C)C)ccc34)cc12. The summed E-state index contributed by atoms with van der Waals surface area (Å²) in [5.74, 6) is 0.626. The minimum atomic E-state index is -0.426. The Labute approximate surface area is 201 Å². The average molecular weight is 471 g/mol. The van der Waals surface area contributed by atoms with Gasteiger partial charge in [-0.3, -0.25) is 4.79 Å². The molecule has 0 saturated carbocycles. The summed E-state index contributed by atoms with van der Waals surface area (Å²) < 4.78 is 9.08.